The lowest BCUT2D eigenvalue weighted by molar-refractivity contribution is -0.143. The number of ether oxygens (including phenoxy) is 2. The molecule has 3 nitrogen and oxygen atoms in total. The Bertz CT molecular complexity index is 436. The SMILES string of the molecule is CC(C)=CC(=O)OC(C)COc1cccc(F)c1. The van der Waals surface area contributed by atoms with E-state index in [-0.39, 0.29) is 12.4 Å². The quantitative estimate of drug-likeness (QED) is 0.596. The molecular formula is C14H17FO3. The van der Waals surface area contributed by atoms with Crippen LogP contribution in [0.2, 0.25) is 0 Å². The first-order chi connectivity index (χ1) is 8.47. The maximum atomic E-state index is 12.9. The fourth-order valence-corrected chi connectivity index (χ4v) is 1.27. The van der Waals surface area contributed by atoms with Crippen molar-refractivity contribution < 1.29 is 18.7 Å². The number of benzene rings is 1. The molecule has 0 bridgehead atoms. The molecule has 0 aliphatic rings. The van der Waals surface area contributed by atoms with E-state index < -0.39 is 12.1 Å². The van der Waals surface area contributed by atoms with E-state index in [4.69, 9.17) is 9.47 Å². The summed E-state index contributed by atoms with van der Waals surface area (Å²) in [5, 5.41) is 0. The Morgan fingerprint density at radius 3 is 2.78 bits per heavy atom. The molecule has 0 radical (unpaired) electrons. The van der Waals surface area contributed by atoms with Gasteiger partial charge in [-0.3, -0.25) is 0 Å². The van der Waals surface area contributed by atoms with Crippen LogP contribution in [0.4, 0.5) is 4.39 Å². The van der Waals surface area contributed by atoms with Gasteiger partial charge in [-0.25, -0.2) is 9.18 Å². The Balaban J connectivity index is 2.40. The van der Waals surface area contributed by atoms with Crippen LogP contribution in [0.3, 0.4) is 0 Å². The van der Waals surface area contributed by atoms with E-state index in [9.17, 15) is 9.18 Å². The highest BCUT2D eigenvalue weighted by atomic mass is 19.1. The molecule has 0 spiro atoms. The van der Waals surface area contributed by atoms with Gasteiger partial charge >= 0.3 is 5.97 Å². The summed E-state index contributed by atoms with van der Waals surface area (Å²) in [7, 11) is 0. The van der Waals surface area contributed by atoms with E-state index in [1.165, 1.54) is 18.2 Å². The minimum Gasteiger partial charge on any atom is -0.490 e. The van der Waals surface area contributed by atoms with E-state index >= 15 is 0 Å². The van der Waals surface area contributed by atoms with E-state index in [0.717, 1.165) is 5.57 Å². The van der Waals surface area contributed by atoms with Crippen molar-refractivity contribution in [3.63, 3.8) is 0 Å². The predicted octanol–water partition coefficient (Wildman–Crippen LogP) is 3.10. The van der Waals surface area contributed by atoms with Crippen LogP contribution in [-0.4, -0.2) is 18.7 Å². The molecule has 0 amide bonds. The first-order valence-electron chi connectivity index (χ1n) is 5.71. The van der Waals surface area contributed by atoms with Gasteiger partial charge < -0.3 is 9.47 Å². The molecule has 0 N–H and O–H groups in total. The van der Waals surface area contributed by atoms with Crippen molar-refractivity contribution in [3.05, 3.63) is 41.7 Å². The molecule has 0 aliphatic carbocycles. The third-order valence-electron chi connectivity index (χ3n) is 2.00. The first-order valence-corrected chi connectivity index (χ1v) is 5.71. The highest BCUT2D eigenvalue weighted by Gasteiger charge is 2.08. The van der Waals surface area contributed by atoms with Gasteiger partial charge in [0.2, 0.25) is 0 Å². The van der Waals surface area contributed by atoms with E-state index in [1.807, 2.05) is 13.8 Å². The summed E-state index contributed by atoms with van der Waals surface area (Å²) in [6.07, 6.45) is 1.02. The Hall–Kier alpha value is -1.84. The molecule has 4 heteroatoms. The van der Waals surface area contributed by atoms with Crippen molar-refractivity contribution in [2.75, 3.05) is 6.61 Å². The average molecular weight is 252 g/mol. The lowest BCUT2D eigenvalue weighted by atomic mass is 10.3. The second kappa shape index (κ2) is 6.79. The molecule has 98 valence electrons. The standard InChI is InChI=1S/C14H17FO3/c1-10(2)7-14(16)18-11(3)9-17-13-6-4-5-12(15)8-13/h4-8,11H,9H2,1-3H3. The third-order valence-corrected chi connectivity index (χ3v) is 2.00. The minimum atomic E-state index is -0.398. The number of hydrogen-bond acceptors (Lipinski definition) is 3. The summed E-state index contributed by atoms with van der Waals surface area (Å²) >= 11 is 0. The van der Waals surface area contributed by atoms with Crippen molar-refractivity contribution in [1.82, 2.24) is 0 Å². The van der Waals surface area contributed by atoms with E-state index in [2.05, 4.69) is 0 Å². The number of carbonyl (C=O) groups excluding carboxylic acids is 1. The normalized spacial score (nSPS) is 11.6. The van der Waals surface area contributed by atoms with Gasteiger partial charge in [-0.2, -0.15) is 0 Å². The van der Waals surface area contributed by atoms with Gasteiger partial charge in [0.15, 0.2) is 0 Å². The highest BCUT2D eigenvalue weighted by molar-refractivity contribution is 5.82. The van der Waals surface area contributed by atoms with Gasteiger partial charge in [-0.1, -0.05) is 11.6 Å². The number of hydrogen-bond donors (Lipinski definition) is 0. The summed E-state index contributed by atoms with van der Waals surface area (Å²) in [4.78, 5) is 11.3. The van der Waals surface area contributed by atoms with Crippen molar-refractivity contribution in [2.24, 2.45) is 0 Å². The van der Waals surface area contributed by atoms with Crippen LogP contribution in [0.25, 0.3) is 0 Å². The lowest BCUT2D eigenvalue weighted by Gasteiger charge is -2.13. The smallest absolute Gasteiger partial charge is 0.331 e. The number of esters is 1. The molecule has 18 heavy (non-hydrogen) atoms. The average Bonchev–Trinajstić information content (AvgIpc) is 2.25. The zero-order valence-electron chi connectivity index (χ0n) is 10.8. The predicted molar refractivity (Wildman–Crippen MR) is 66.9 cm³/mol. The van der Waals surface area contributed by atoms with Gasteiger partial charge in [0.25, 0.3) is 0 Å². The molecule has 0 heterocycles. The van der Waals surface area contributed by atoms with Crippen molar-refractivity contribution in [3.8, 4) is 5.75 Å². The second-order valence-corrected chi connectivity index (χ2v) is 4.24. The molecule has 1 aromatic carbocycles. The summed E-state index contributed by atoms with van der Waals surface area (Å²) in [5.41, 5.74) is 0.873. The van der Waals surface area contributed by atoms with Crippen LogP contribution < -0.4 is 4.74 Å². The molecule has 0 aromatic heterocycles. The maximum Gasteiger partial charge on any atom is 0.331 e. The van der Waals surface area contributed by atoms with Crippen LogP contribution >= 0.6 is 0 Å². The number of rotatable bonds is 5. The molecule has 1 aromatic rings. The summed E-state index contributed by atoms with van der Waals surface area (Å²) in [6.45, 7) is 5.53. The van der Waals surface area contributed by atoms with Gasteiger partial charge in [0.05, 0.1) is 0 Å². The third kappa shape index (κ3) is 5.48. The van der Waals surface area contributed by atoms with Crippen molar-refractivity contribution in [1.29, 1.82) is 0 Å². The van der Waals surface area contributed by atoms with Crippen molar-refractivity contribution >= 4 is 5.97 Å². The van der Waals surface area contributed by atoms with Crippen LogP contribution in [0, 0.1) is 5.82 Å². The fraction of sp³-hybridized carbons (Fsp3) is 0.357. The molecule has 1 rings (SSSR count). The highest BCUT2D eigenvalue weighted by Crippen LogP contribution is 2.12. The first kappa shape index (κ1) is 14.2. The monoisotopic (exact) mass is 252 g/mol. The maximum absolute atomic E-state index is 12.9. The van der Waals surface area contributed by atoms with Gasteiger partial charge in [-0.15, -0.1) is 0 Å². The largest absolute Gasteiger partial charge is 0.490 e. The molecule has 1 atom stereocenters. The molecule has 0 aliphatic heterocycles. The summed E-state index contributed by atoms with van der Waals surface area (Å²) < 4.78 is 23.3. The molecule has 1 unspecified atom stereocenters. The van der Waals surface area contributed by atoms with Crippen LogP contribution in [-0.2, 0) is 9.53 Å². The fourth-order valence-electron chi connectivity index (χ4n) is 1.27. The number of allylic oxidation sites excluding steroid dienone is 1. The molecule has 0 fully saturated rings. The lowest BCUT2D eigenvalue weighted by Crippen LogP contribution is -2.21. The topological polar surface area (TPSA) is 35.5 Å². The van der Waals surface area contributed by atoms with Crippen LogP contribution in [0.5, 0.6) is 5.75 Å². The Kier molecular flexibility index (Phi) is 5.36. The summed E-state index contributed by atoms with van der Waals surface area (Å²) in [5.74, 6) is -0.341. The Morgan fingerprint density at radius 1 is 1.44 bits per heavy atom. The molecular weight excluding hydrogens is 235 g/mol. The minimum absolute atomic E-state index is 0.186. The van der Waals surface area contributed by atoms with Crippen LogP contribution in [0.1, 0.15) is 20.8 Å². The Labute approximate surface area is 106 Å². The van der Waals surface area contributed by atoms with Crippen LogP contribution in [0.15, 0.2) is 35.9 Å². The number of halogens is 1. The Morgan fingerprint density at radius 2 is 2.17 bits per heavy atom. The van der Waals surface area contributed by atoms with Crippen molar-refractivity contribution in [2.45, 2.75) is 26.9 Å². The van der Waals surface area contributed by atoms with E-state index in [0.29, 0.717) is 5.75 Å². The second-order valence-electron chi connectivity index (χ2n) is 4.24. The number of carbonyl (C=O) groups is 1. The van der Waals surface area contributed by atoms with Gasteiger partial charge in [0.1, 0.15) is 24.3 Å². The van der Waals surface area contributed by atoms with Gasteiger partial charge in [0, 0.05) is 12.1 Å². The molecule has 0 saturated heterocycles. The zero-order valence-corrected chi connectivity index (χ0v) is 10.8. The summed E-state index contributed by atoms with van der Waals surface area (Å²) in [6, 6.07) is 5.83. The van der Waals surface area contributed by atoms with Gasteiger partial charge in [-0.05, 0) is 32.9 Å². The zero-order chi connectivity index (χ0) is 13.5. The van der Waals surface area contributed by atoms with E-state index in [1.54, 1.807) is 19.1 Å². The molecule has 0 saturated carbocycles.